The fraction of sp³-hybridized carbons (Fsp3) is 0.576. The minimum Gasteiger partial charge on any atom is -0.413 e. The highest BCUT2D eigenvalue weighted by molar-refractivity contribution is 6.99. The number of benzene rings is 2. The van der Waals surface area contributed by atoms with Gasteiger partial charge in [-0.1, -0.05) is 115 Å². The van der Waals surface area contributed by atoms with Crippen molar-refractivity contribution < 1.29 is 14.0 Å². The Morgan fingerprint density at radius 1 is 0.842 bits per heavy atom. The van der Waals surface area contributed by atoms with Crippen molar-refractivity contribution in [3.05, 3.63) is 73.3 Å². The van der Waals surface area contributed by atoms with Gasteiger partial charge in [0.25, 0.3) is 8.32 Å². The average molecular weight is 555 g/mol. The van der Waals surface area contributed by atoms with Gasteiger partial charge in [0.1, 0.15) is 0 Å². The van der Waals surface area contributed by atoms with Gasteiger partial charge in [0, 0.05) is 13.0 Å². The van der Waals surface area contributed by atoms with E-state index in [0.29, 0.717) is 19.4 Å². The molecule has 0 saturated heterocycles. The number of aliphatic hydroxyl groups is 1. The Labute approximate surface area is 235 Å². The van der Waals surface area contributed by atoms with Crippen molar-refractivity contribution in [3.63, 3.8) is 0 Å². The van der Waals surface area contributed by atoms with Crippen LogP contribution in [0.5, 0.6) is 0 Å². The highest BCUT2D eigenvalue weighted by Crippen LogP contribution is 2.40. The average Bonchev–Trinajstić information content (AvgIpc) is 2.82. The monoisotopic (exact) mass is 554 g/mol. The molecule has 0 fully saturated rings. The van der Waals surface area contributed by atoms with E-state index in [0.717, 1.165) is 6.42 Å². The van der Waals surface area contributed by atoms with Crippen LogP contribution in [0.4, 0.5) is 0 Å². The first kappa shape index (κ1) is 32.7. The van der Waals surface area contributed by atoms with Gasteiger partial charge in [0.05, 0.1) is 11.7 Å². The third-order valence-corrected chi connectivity index (χ3v) is 18.0. The molecule has 0 spiro atoms. The molecule has 0 aliphatic carbocycles. The lowest BCUT2D eigenvalue weighted by atomic mass is 9.88. The summed E-state index contributed by atoms with van der Waals surface area (Å²) >= 11 is 0. The zero-order chi connectivity index (χ0) is 28.8. The highest BCUT2D eigenvalue weighted by Gasteiger charge is 2.50. The second kappa shape index (κ2) is 12.8. The molecule has 2 aromatic carbocycles. The van der Waals surface area contributed by atoms with Gasteiger partial charge in [-0.3, -0.25) is 0 Å². The van der Waals surface area contributed by atoms with Gasteiger partial charge in [-0.05, 0) is 59.2 Å². The summed E-state index contributed by atoms with van der Waals surface area (Å²) in [5.74, 6) is 0.170. The lowest BCUT2D eigenvalue weighted by Crippen LogP contribution is -2.66. The zero-order valence-electron chi connectivity index (χ0n) is 25.8. The summed E-state index contributed by atoms with van der Waals surface area (Å²) in [4.78, 5) is 0. The van der Waals surface area contributed by atoms with Gasteiger partial charge < -0.3 is 14.0 Å². The van der Waals surface area contributed by atoms with Gasteiger partial charge in [-0.2, -0.15) is 0 Å². The molecular formula is C33H54O3Si2. The molecule has 0 aromatic heterocycles. The second-order valence-electron chi connectivity index (χ2n) is 13.8. The Morgan fingerprint density at radius 2 is 1.32 bits per heavy atom. The molecule has 38 heavy (non-hydrogen) atoms. The largest absolute Gasteiger partial charge is 0.413 e. The van der Waals surface area contributed by atoms with E-state index in [4.69, 9.17) is 8.85 Å². The van der Waals surface area contributed by atoms with Crippen LogP contribution in [-0.4, -0.2) is 40.1 Å². The number of hydrogen-bond donors (Lipinski definition) is 1. The SMILES string of the molecule is C=C[C@@H](C)[C@@H](C[C@](C)(O)CCCO[Si](c1ccccc1)(c1ccccc1)C(C)(C)C)O[Si](C)(C)C(C)(C)C. The van der Waals surface area contributed by atoms with Crippen molar-refractivity contribution >= 4 is 27.0 Å². The van der Waals surface area contributed by atoms with Crippen molar-refractivity contribution in [1.82, 2.24) is 0 Å². The van der Waals surface area contributed by atoms with Crippen LogP contribution in [-0.2, 0) is 8.85 Å². The normalized spacial score (nSPS) is 16.5. The molecule has 212 valence electrons. The Hall–Kier alpha value is -1.51. The van der Waals surface area contributed by atoms with Crippen LogP contribution in [0.2, 0.25) is 23.2 Å². The van der Waals surface area contributed by atoms with E-state index in [9.17, 15) is 5.11 Å². The van der Waals surface area contributed by atoms with Crippen LogP contribution in [0.1, 0.15) is 74.7 Å². The maximum atomic E-state index is 11.5. The molecule has 3 nitrogen and oxygen atoms in total. The van der Waals surface area contributed by atoms with Crippen molar-refractivity contribution in [1.29, 1.82) is 0 Å². The van der Waals surface area contributed by atoms with E-state index >= 15 is 0 Å². The van der Waals surface area contributed by atoms with Gasteiger partial charge >= 0.3 is 0 Å². The topological polar surface area (TPSA) is 38.7 Å². The molecule has 1 N–H and O–H groups in total. The first-order valence-electron chi connectivity index (χ1n) is 14.2. The van der Waals surface area contributed by atoms with Crippen molar-refractivity contribution in [2.75, 3.05) is 6.61 Å². The van der Waals surface area contributed by atoms with Gasteiger partial charge in [-0.15, -0.1) is 6.58 Å². The molecule has 0 bridgehead atoms. The molecule has 0 saturated carbocycles. The Morgan fingerprint density at radius 3 is 1.71 bits per heavy atom. The first-order chi connectivity index (χ1) is 17.5. The lowest BCUT2D eigenvalue weighted by molar-refractivity contribution is -0.0117. The van der Waals surface area contributed by atoms with Crippen LogP contribution in [0.15, 0.2) is 73.3 Å². The first-order valence-corrected chi connectivity index (χ1v) is 19.1. The van der Waals surface area contributed by atoms with Gasteiger partial charge in [0.15, 0.2) is 8.32 Å². The highest BCUT2D eigenvalue weighted by atomic mass is 28.4. The van der Waals surface area contributed by atoms with E-state index in [1.807, 2.05) is 13.0 Å². The molecule has 0 radical (unpaired) electrons. The maximum absolute atomic E-state index is 11.5. The Bertz CT molecular complexity index is 949. The van der Waals surface area contributed by atoms with Crippen LogP contribution in [0.25, 0.3) is 0 Å². The Kier molecular flexibility index (Phi) is 11.0. The minimum absolute atomic E-state index is 0.0546. The summed E-state index contributed by atoms with van der Waals surface area (Å²) in [7, 11) is -4.55. The van der Waals surface area contributed by atoms with Gasteiger partial charge in [0.2, 0.25) is 0 Å². The molecule has 0 unspecified atom stereocenters. The van der Waals surface area contributed by atoms with E-state index in [-0.39, 0.29) is 22.1 Å². The minimum atomic E-state index is -2.57. The fourth-order valence-electron chi connectivity index (χ4n) is 5.02. The molecule has 0 amide bonds. The number of hydrogen-bond acceptors (Lipinski definition) is 3. The van der Waals surface area contributed by atoms with Crippen molar-refractivity contribution in [2.24, 2.45) is 5.92 Å². The molecular weight excluding hydrogens is 501 g/mol. The summed E-state index contributed by atoms with van der Waals surface area (Å²) in [5.41, 5.74) is -0.848. The third kappa shape index (κ3) is 8.01. The Balaban J connectivity index is 2.21. The molecule has 3 atom stereocenters. The third-order valence-electron chi connectivity index (χ3n) is 8.45. The van der Waals surface area contributed by atoms with E-state index in [1.54, 1.807) is 0 Å². The molecule has 2 aromatic rings. The fourth-order valence-corrected chi connectivity index (χ4v) is 11.0. The van der Waals surface area contributed by atoms with E-state index in [1.165, 1.54) is 10.4 Å². The smallest absolute Gasteiger partial charge is 0.261 e. The predicted octanol–water partition coefficient (Wildman–Crippen LogP) is 7.70. The standard InChI is InChI=1S/C33H54O3Si2/c1-12-27(2)30(36-37(10,11)31(3,4)5)26-33(9,34)24-19-25-35-38(32(6,7)8,28-20-15-13-16-21-28)29-22-17-14-18-23-29/h12-18,20-23,27,30,34H,1,19,24-26H2,2-11H3/t27-,30-,33-/m1/s1. The summed E-state index contributed by atoms with van der Waals surface area (Å²) in [6.45, 7) is 27.0. The second-order valence-corrected chi connectivity index (χ2v) is 22.9. The molecule has 0 aliphatic heterocycles. The predicted molar refractivity (Wildman–Crippen MR) is 169 cm³/mol. The number of rotatable bonds is 13. The van der Waals surface area contributed by atoms with Crippen LogP contribution in [0, 0.1) is 5.92 Å². The van der Waals surface area contributed by atoms with E-state index < -0.39 is 22.2 Å². The van der Waals surface area contributed by atoms with Gasteiger partial charge in [-0.25, -0.2) is 0 Å². The zero-order valence-corrected chi connectivity index (χ0v) is 27.8. The molecule has 2 rings (SSSR count). The summed E-state index contributed by atoms with van der Waals surface area (Å²) in [6.07, 6.45) is 3.94. The maximum Gasteiger partial charge on any atom is 0.261 e. The summed E-state index contributed by atoms with van der Waals surface area (Å²) in [6, 6.07) is 21.5. The van der Waals surface area contributed by atoms with Crippen molar-refractivity contribution in [3.8, 4) is 0 Å². The molecule has 5 heteroatoms. The van der Waals surface area contributed by atoms with Crippen molar-refractivity contribution in [2.45, 2.75) is 110 Å². The summed E-state index contributed by atoms with van der Waals surface area (Å²) in [5, 5.41) is 14.1. The molecule has 0 aliphatic rings. The summed E-state index contributed by atoms with van der Waals surface area (Å²) < 4.78 is 13.8. The molecule has 0 heterocycles. The quantitative estimate of drug-likeness (QED) is 0.157. The van der Waals surface area contributed by atoms with Crippen LogP contribution >= 0.6 is 0 Å². The lowest BCUT2D eigenvalue weighted by Gasteiger charge is -2.43. The van der Waals surface area contributed by atoms with E-state index in [2.05, 4.69) is 129 Å². The van der Waals surface area contributed by atoms with Crippen LogP contribution in [0.3, 0.4) is 0 Å². The van der Waals surface area contributed by atoms with Crippen LogP contribution < -0.4 is 10.4 Å².